The lowest BCUT2D eigenvalue weighted by atomic mass is 10.2. The van der Waals surface area contributed by atoms with E-state index in [0.717, 1.165) is 3.57 Å². The number of carboxylic acids is 1. The van der Waals surface area contributed by atoms with Gasteiger partial charge in [-0.05, 0) is 83.6 Å². The van der Waals surface area contributed by atoms with E-state index in [1.54, 1.807) is 43.5 Å². The Bertz CT molecular complexity index is 1170. The van der Waals surface area contributed by atoms with E-state index in [1.165, 1.54) is 18.3 Å². The fourth-order valence-electron chi connectivity index (χ4n) is 2.74. The van der Waals surface area contributed by atoms with E-state index in [2.05, 4.69) is 33.1 Å². The van der Waals surface area contributed by atoms with Gasteiger partial charge in [-0.25, -0.2) is 10.2 Å². The summed E-state index contributed by atoms with van der Waals surface area (Å²) >= 11 is 2.12. The van der Waals surface area contributed by atoms with Crippen molar-refractivity contribution in [2.24, 2.45) is 5.10 Å². The molecule has 1 heterocycles. The number of benzene rings is 2. The molecule has 0 unspecified atom stereocenters. The standard InChI is InChI=1S/C23H21IN2O7/c1-3-31-21-10-14(4-8-18(21)32-13-16-6-9-19(33-16)23(28)29)12-25-26-22(27)15-5-7-17(24)20(11-15)30-2/h4-12H,3,13H2,1-2H3,(H,26,27)(H,28,29). The summed E-state index contributed by atoms with van der Waals surface area (Å²) in [6, 6.07) is 13.2. The highest BCUT2D eigenvalue weighted by Crippen LogP contribution is 2.29. The molecule has 1 amide bonds. The quantitative estimate of drug-likeness (QED) is 0.214. The summed E-state index contributed by atoms with van der Waals surface area (Å²) in [5.41, 5.74) is 3.58. The zero-order chi connectivity index (χ0) is 23.8. The molecular formula is C23H21IN2O7. The van der Waals surface area contributed by atoms with Gasteiger partial charge in [-0.3, -0.25) is 4.79 Å². The maximum absolute atomic E-state index is 12.3. The molecule has 9 nitrogen and oxygen atoms in total. The van der Waals surface area contributed by atoms with Crippen molar-refractivity contribution in [1.29, 1.82) is 0 Å². The second-order valence-electron chi connectivity index (χ2n) is 6.55. The summed E-state index contributed by atoms with van der Waals surface area (Å²) in [6.07, 6.45) is 1.49. The van der Waals surface area contributed by atoms with Gasteiger partial charge in [0.1, 0.15) is 18.1 Å². The minimum absolute atomic E-state index is 0.0380. The molecule has 0 atom stereocenters. The van der Waals surface area contributed by atoms with Gasteiger partial charge in [0.25, 0.3) is 5.91 Å². The summed E-state index contributed by atoms with van der Waals surface area (Å²) in [5.74, 6) is 0.236. The van der Waals surface area contributed by atoms with Crippen LogP contribution in [0.2, 0.25) is 0 Å². The fraction of sp³-hybridized carbons (Fsp3) is 0.174. The Labute approximate surface area is 203 Å². The number of rotatable bonds is 10. The van der Waals surface area contributed by atoms with E-state index < -0.39 is 5.97 Å². The number of halogens is 1. The predicted octanol–water partition coefficient (Wildman–Crippen LogP) is 4.33. The van der Waals surface area contributed by atoms with Gasteiger partial charge in [0.05, 0.1) is 23.5 Å². The first-order chi connectivity index (χ1) is 15.9. The number of carbonyl (C=O) groups excluding carboxylic acids is 1. The molecule has 0 spiro atoms. The number of nitrogens with zero attached hydrogens (tertiary/aromatic N) is 1. The molecule has 0 saturated carbocycles. The van der Waals surface area contributed by atoms with Gasteiger partial charge in [-0.15, -0.1) is 0 Å². The second kappa shape index (κ2) is 11.4. The van der Waals surface area contributed by atoms with Crippen molar-refractivity contribution >= 4 is 40.7 Å². The average Bonchev–Trinajstić information content (AvgIpc) is 3.28. The highest BCUT2D eigenvalue weighted by molar-refractivity contribution is 14.1. The number of carbonyl (C=O) groups is 2. The number of aromatic carboxylic acids is 1. The van der Waals surface area contributed by atoms with Crippen LogP contribution in [0.4, 0.5) is 0 Å². The molecule has 0 aliphatic carbocycles. The van der Waals surface area contributed by atoms with Gasteiger partial charge >= 0.3 is 5.97 Å². The van der Waals surface area contributed by atoms with Gasteiger partial charge in [-0.2, -0.15) is 5.10 Å². The van der Waals surface area contributed by atoms with Gasteiger partial charge in [0.15, 0.2) is 11.5 Å². The smallest absolute Gasteiger partial charge is 0.371 e. The number of hydrogen-bond donors (Lipinski definition) is 2. The number of hydrogen-bond acceptors (Lipinski definition) is 7. The molecule has 33 heavy (non-hydrogen) atoms. The Kier molecular flexibility index (Phi) is 8.30. The Morgan fingerprint density at radius 2 is 1.91 bits per heavy atom. The molecule has 1 aromatic heterocycles. The molecule has 2 N–H and O–H groups in total. The van der Waals surface area contributed by atoms with Crippen LogP contribution in [0.25, 0.3) is 0 Å². The molecule has 0 aliphatic rings. The van der Waals surface area contributed by atoms with Crippen molar-refractivity contribution in [3.63, 3.8) is 0 Å². The molecular weight excluding hydrogens is 543 g/mol. The van der Waals surface area contributed by atoms with Crippen molar-refractivity contribution < 1.29 is 33.3 Å². The number of furan rings is 1. The van der Waals surface area contributed by atoms with E-state index in [-0.39, 0.29) is 18.3 Å². The van der Waals surface area contributed by atoms with Crippen molar-refractivity contribution in [3.05, 3.63) is 74.7 Å². The lowest BCUT2D eigenvalue weighted by Crippen LogP contribution is -2.17. The molecule has 0 aliphatic heterocycles. The van der Waals surface area contributed by atoms with Crippen molar-refractivity contribution in [2.75, 3.05) is 13.7 Å². The fourth-order valence-corrected chi connectivity index (χ4v) is 3.30. The number of nitrogens with one attached hydrogen (secondary N) is 1. The maximum Gasteiger partial charge on any atom is 0.371 e. The van der Waals surface area contributed by atoms with Crippen LogP contribution >= 0.6 is 22.6 Å². The molecule has 0 bridgehead atoms. The number of carboxylic acid groups (broad SMARTS) is 1. The third-order valence-corrected chi connectivity index (χ3v) is 5.19. The summed E-state index contributed by atoms with van der Waals surface area (Å²) < 4.78 is 22.7. The molecule has 0 radical (unpaired) electrons. The number of methoxy groups -OCH3 is 1. The summed E-state index contributed by atoms with van der Waals surface area (Å²) in [6.45, 7) is 2.29. The van der Waals surface area contributed by atoms with Crippen molar-refractivity contribution in [2.45, 2.75) is 13.5 Å². The topological polar surface area (TPSA) is 120 Å². The van der Waals surface area contributed by atoms with Gasteiger partial charge in [0.2, 0.25) is 5.76 Å². The Morgan fingerprint density at radius 3 is 2.61 bits per heavy atom. The van der Waals surface area contributed by atoms with E-state index in [9.17, 15) is 9.59 Å². The molecule has 0 fully saturated rings. The zero-order valence-electron chi connectivity index (χ0n) is 17.8. The average molecular weight is 564 g/mol. The minimum atomic E-state index is -1.15. The highest BCUT2D eigenvalue weighted by atomic mass is 127. The third-order valence-electron chi connectivity index (χ3n) is 4.30. The summed E-state index contributed by atoms with van der Waals surface area (Å²) in [7, 11) is 1.54. The highest BCUT2D eigenvalue weighted by Gasteiger charge is 2.12. The van der Waals surface area contributed by atoms with Crippen LogP contribution in [-0.2, 0) is 6.61 Å². The predicted molar refractivity (Wildman–Crippen MR) is 128 cm³/mol. The zero-order valence-corrected chi connectivity index (χ0v) is 20.0. The summed E-state index contributed by atoms with van der Waals surface area (Å²) in [5, 5.41) is 12.9. The summed E-state index contributed by atoms with van der Waals surface area (Å²) in [4.78, 5) is 23.2. The van der Waals surface area contributed by atoms with Crippen LogP contribution < -0.4 is 19.6 Å². The maximum atomic E-state index is 12.3. The van der Waals surface area contributed by atoms with Crippen molar-refractivity contribution in [3.8, 4) is 17.2 Å². The van der Waals surface area contributed by atoms with Crippen molar-refractivity contribution in [1.82, 2.24) is 5.43 Å². The lowest BCUT2D eigenvalue weighted by Gasteiger charge is -2.11. The van der Waals surface area contributed by atoms with Crippen LogP contribution in [0.3, 0.4) is 0 Å². The Hall–Kier alpha value is -3.54. The normalized spacial score (nSPS) is 10.8. The SMILES string of the molecule is CCOc1cc(C=NNC(=O)c2ccc(I)c(OC)c2)ccc1OCc1ccc(C(=O)O)o1. The first-order valence-electron chi connectivity index (χ1n) is 9.79. The minimum Gasteiger partial charge on any atom is -0.496 e. The van der Waals surface area contributed by atoms with E-state index in [4.69, 9.17) is 23.7 Å². The van der Waals surface area contributed by atoms with E-state index in [0.29, 0.717) is 40.7 Å². The van der Waals surface area contributed by atoms with Crippen LogP contribution in [0.1, 0.15) is 39.2 Å². The molecule has 0 saturated heterocycles. The van der Waals surface area contributed by atoms with Gasteiger partial charge in [-0.1, -0.05) is 0 Å². The number of amides is 1. The van der Waals surface area contributed by atoms with Crippen LogP contribution in [-0.4, -0.2) is 36.9 Å². The molecule has 3 rings (SSSR count). The molecule has 2 aromatic carbocycles. The third kappa shape index (κ3) is 6.48. The van der Waals surface area contributed by atoms with Gasteiger partial charge in [0, 0.05) is 5.56 Å². The molecule has 172 valence electrons. The Morgan fingerprint density at radius 1 is 1.09 bits per heavy atom. The van der Waals surface area contributed by atoms with Gasteiger partial charge < -0.3 is 23.7 Å². The molecule has 3 aromatic rings. The van der Waals surface area contributed by atoms with Crippen LogP contribution in [0.15, 0.2) is 58.0 Å². The van der Waals surface area contributed by atoms with Crippen LogP contribution in [0.5, 0.6) is 17.2 Å². The first-order valence-corrected chi connectivity index (χ1v) is 10.9. The monoisotopic (exact) mass is 564 g/mol. The number of hydrazone groups is 1. The second-order valence-corrected chi connectivity index (χ2v) is 7.71. The van der Waals surface area contributed by atoms with E-state index >= 15 is 0 Å². The molecule has 10 heteroatoms. The Balaban J connectivity index is 1.65. The number of ether oxygens (including phenoxy) is 3. The van der Waals surface area contributed by atoms with E-state index in [1.807, 2.05) is 6.92 Å². The van der Waals surface area contributed by atoms with Crippen LogP contribution in [0, 0.1) is 3.57 Å². The lowest BCUT2D eigenvalue weighted by molar-refractivity contribution is 0.0657. The largest absolute Gasteiger partial charge is 0.496 e. The first kappa shape index (κ1) is 24.1.